The summed E-state index contributed by atoms with van der Waals surface area (Å²) in [5.74, 6) is 0.00137. The third-order valence-electron chi connectivity index (χ3n) is 5.22. The van der Waals surface area contributed by atoms with Gasteiger partial charge in [-0.15, -0.1) is 6.58 Å². The van der Waals surface area contributed by atoms with Crippen LogP contribution >= 0.6 is 0 Å². The third kappa shape index (κ3) is 6.73. The van der Waals surface area contributed by atoms with Gasteiger partial charge in [0.05, 0.1) is 0 Å². The summed E-state index contributed by atoms with van der Waals surface area (Å²) >= 11 is 0. The minimum Gasteiger partial charge on any atom is -0.351 e. The predicted molar refractivity (Wildman–Crippen MR) is 114 cm³/mol. The van der Waals surface area contributed by atoms with Gasteiger partial charge in [0.15, 0.2) is 0 Å². The summed E-state index contributed by atoms with van der Waals surface area (Å²) in [5.41, 5.74) is 1.53. The molecule has 6 nitrogen and oxygen atoms in total. The Morgan fingerprint density at radius 2 is 1.93 bits per heavy atom. The molecule has 1 aliphatic heterocycles. The highest BCUT2D eigenvalue weighted by Gasteiger charge is 2.33. The van der Waals surface area contributed by atoms with Crippen molar-refractivity contribution in [1.82, 2.24) is 15.5 Å². The van der Waals surface area contributed by atoms with Gasteiger partial charge in [-0.2, -0.15) is 0 Å². The molecular formula is C23H33N3O3. The van der Waals surface area contributed by atoms with Gasteiger partial charge in [0.2, 0.25) is 11.8 Å². The molecule has 1 atom stereocenters. The van der Waals surface area contributed by atoms with Crippen LogP contribution < -0.4 is 10.6 Å². The lowest BCUT2D eigenvalue weighted by molar-refractivity contribution is -0.133. The lowest BCUT2D eigenvalue weighted by Gasteiger charge is -2.36. The summed E-state index contributed by atoms with van der Waals surface area (Å²) in [4.78, 5) is 39.7. The van der Waals surface area contributed by atoms with Crippen LogP contribution in [-0.2, 0) is 9.59 Å². The number of hydrogen-bond donors (Lipinski definition) is 2. The second-order valence-corrected chi connectivity index (χ2v) is 8.17. The minimum absolute atomic E-state index is 0.0170. The van der Waals surface area contributed by atoms with Gasteiger partial charge >= 0.3 is 0 Å². The predicted octanol–water partition coefficient (Wildman–Crippen LogP) is 2.68. The molecule has 0 aromatic heterocycles. The highest BCUT2D eigenvalue weighted by molar-refractivity contribution is 5.97. The van der Waals surface area contributed by atoms with E-state index < -0.39 is 6.04 Å². The SMILES string of the molecule is C=CCNC(=O)C(NC(=O)c1cccc(C)c1)C1CCN(C(=O)CC(C)C)CC1. The number of aryl methyl sites for hydroxylation is 1. The van der Waals surface area contributed by atoms with Crippen LogP contribution in [0.2, 0.25) is 0 Å². The maximum Gasteiger partial charge on any atom is 0.251 e. The van der Waals surface area contributed by atoms with Crippen LogP contribution in [0, 0.1) is 18.8 Å². The normalized spacial score (nSPS) is 15.7. The number of likely N-dealkylation sites (tertiary alicyclic amines) is 1. The van der Waals surface area contributed by atoms with Crippen LogP contribution in [0.25, 0.3) is 0 Å². The topological polar surface area (TPSA) is 78.5 Å². The monoisotopic (exact) mass is 399 g/mol. The highest BCUT2D eigenvalue weighted by Crippen LogP contribution is 2.23. The van der Waals surface area contributed by atoms with Gasteiger partial charge in [-0.1, -0.05) is 37.6 Å². The molecule has 0 saturated carbocycles. The Morgan fingerprint density at radius 3 is 2.52 bits per heavy atom. The summed E-state index contributed by atoms with van der Waals surface area (Å²) in [7, 11) is 0. The van der Waals surface area contributed by atoms with E-state index in [1.165, 1.54) is 0 Å². The Balaban J connectivity index is 2.06. The van der Waals surface area contributed by atoms with E-state index in [2.05, 4.69) is 17.2 Å². The van der Waals surface area contributed by atoms with E-state index in [0.717, 1.165) is 5.56 Å². The summed E-state index contributed by atoms with van der Waals surface area (Å²) in [6.45, 7) is 11.2. The molecule has 0 spiro atoms. The molecule has 29 heavy (non-hydrogen) atoms. The maximum atomic E-state index is 12.7. The van der Waals surface area contributed by atoms with Crippen LogP contribution in [0.1, 0.15) is 49.0 Å². The second kappa shape index (κ2) is 10.8. The van der Waals surface area contributed by atoms with Crippen molar-refractivity contribution in [3.63, 3.8) is 0 Å². The molecule has 0 aliphatic carbocycles. The molecule has 2 rings (SSSR count). The number of nitrogens with one attached hydrogen (secondary N) is 2. The van der Waals surface area contributed by atoms with Gasteiger partial charge in [-0.25, -0.2) is 0 Å². The van der Waals surface area contributed by atoms with Crippen LogP contribution in [0.3, 0.4) is 0 Å². The summed E-state index contributed by atoms with van der Waals surface area (Å²) < 4.78 is 0. The first kappa shape index (κ1) is 22.7. The molecule has 1 saturated heterocycles. The quantitative estimate of drug-likeness (QED) is 0.660. The van der Waals surface area contributed by atoms with Crippen LogP contribution in [0.5, 0.6) is 0 Å². The average molecular weight is 400 g/mol. The van der Waals surface area contributed by atoms with Gasteiger partial charge in [0.25, 0.3) is 5.91 Å². The number of benzene rings is 1. The number of hydrogen-bond acceptors (Lipinski definition) is 3. The third-order valence-corrected chi connectivity index (χ3v) is 5.22. The zero-order valence-corrected chi connectivity index (χ0v) is 17.7. The van der Waals surface area contributed by atoms with Gasteiger partial charge < -0.3 is 15.5 Å². The van der Waals surface area contributed by atoms with E-state index in [0.29, 0.717) is 50.4 Å². The molecule has 1 unspecified atom stereocenters. The van der Waals surface area contributed by atoms with E-state index in [1.54, 1.807) is 18.2 Å². The lowest BCUT2D eigenvalue weighted by atomic mass is 9.88. The minimum atomic E-state index is -0.634. The van der Waals surface area contributed by atoms with E-state index in [4.69, 9.17) is 0 Å². The summed E-state index contributed by atoms with van der Waals surface area (Å²) in [6.07, 6.45) is 3.52. The Labute approximate surface area is 173 Å². The molecule has 0 radical (unpaired) electrons. The molecular weight excluding hydrogens is 366 g/mol. The fourth-order valence-corrected chi connectivity index (χ4v) is 3.65. The molecule has 1 aliphatic rings. The second-order valence-electron chi connectivity index (χ2n) is 8.17. The van der Waals surface area contributed by atoms with E-state index in [-0.39, 0.29) is 23.6 Å². The van der Waals surface area contributed by atoms with Crippen molar-refractivity contribution in [2.24, 2.45) is 11.8 Å². The molecule has 1 fully saturated rings. The zero-order chi connectivity index (χ0) is 21.4. The van der Waals surface area contributed by atoms with E-state index >= 15 is 0 Å². The van der Waals surface area contributed by atoms with Crippen molar-refractivity contribution in [2.45, 2.75) is 46.1 Å². The maximum absolute atomic E-state index is 12.7. The largest absolute Gasteiger partial charge is 0.351 e. The molecule has 1 heterocycles. The molecule has 158 valence electrons. The van der Waals surface area contributed by atoms with Crippen LogP contribution in [0.15, 0.2) is 36.9 Å². The summed E-state index contributed by atoms with van der Waals surface area (Å²) in [6, 6.07) is 6.67. The first-order valence-corrected chi connectivity index (χ1v) is 10.4. The number of nitrogens with zero attached hydrogens (tertiary/aromatic N) is 1. The van der Waals surface area contributed by atoms with Crippen LogP contribution in [0.4, 0.5) is 0 Å². The van der Waals surface area contributed by atoms with Gasteiger partial charge in [0.1, 0.15) is 6.04 Å². The highest BCUT2D eigenvalue weighted by atomic mass is 16.2. The molecule has 0 bridgehead atoms. The first-order chi connectivity index (χ1) is 13.8. The van der Waals surface area contributed by atoms with Gasteiger partial charge in [-0.05, 0) is 43.7 Å². The standard InChI is InChI=1S/C23H33N3O3/c1-5-11-24-23(29)21(25-22(28)19-8-6-7-17(4)15-19)18-9-12-26(13-10-18)20(27)14-16(2)3/h5-8,15-16,18,21H,1,9-14H2,2-4H3,(H,24,29)(H,25,28). The zero-order valence-electron chi connectivity index (χ0n) is 17.7. The number of carbonyl (C=O) groups excluding carboxylic acids is 3. The molecule has 1 aromatic rings. The summed E-state index contributed by atoms with van der Waals surface area (Å²) in [5, 5.41) is 5.73. The van der Waals surface area contributed by atoms with Crippen LogP contribution in [-0.4, -0.2) is 48.3 Å². The van der Waals surface area contributed by atoms with Crippen molar-refractivity contribution in [3.05, 3.63) is 48.0 Å². The number of piperidine rings is 1. The lowest BCUT2D eigenvalue weighted by Crippen LogP contribution is -2.54. The Hall–Kier alpha value is -2.63. The number of carbonyl (C=O) groups is 3. The molecule has 3 amide bonds. The Morgan fingerprint density at radius 1 is 1.24 bits per heavy atom. The first-order valence-electron chi connectivity index (χ1n) is 10.4. The van der Waals surface area contributed by atoms with Crippen molar-refractivity contribution >= 4 is 17.7 Å². The van der Waals surface area contributed by atoms with Gasteiger partial charge in [-0.3, -0.25) is 14.4 Å². The Kier molecular flexibility index (Phi) is 8.43. The molecule has 1 aromatic carbocycles. The van der Waals surface area contributed by atoms with Gasteiger partial charge in [0, 0.05) is 31.6 Å². The van der Waals surface area contributed by atoms with E-state index in [9.17, 15) is 14.4 Å². The molecule has 6 heteroatoms. The average Bonchev–Trinajstić information content (AvgIpc) is 2.69. The van der Waals surface area contributed by atoms with Crippen molar-refractivity contribution in [3.8, 4) is 0 Å². The smallest absolute Gasteiger partial charge is 0.251 e. The van der Waals surface area contributed by atoms with Crippen molar-refractivity contribution in [2.75, 3.05) is 19.6 Å². The fraction of sp³-hybridized carbons (Fsp3) is 0.522. The van der Waals surface area contributed by atoms with E-state index in [1.807, 2.05) is 37.8 Å². The number of rotatable bonds is 8. The Bertz CT molecular complexity index is 737. The van der Waals surface area contributed by atoms with Crippen molar-refractivity contribution < 1.29 is 14.4 Å². The fourth-order valence-electron chi connectivity index (χ4n) is 3.65. The molecule has 2 N–H and O–H groups in total. The number of amides is 3. The van der Waals surface area contributed by atoms with Crippen molar-refractivity contribution in [1.29, 1.82) is 0 Å².